The van der Waals surface area contributed by atoms with E-state index in [2.05, 4.69) is 10.1 Å². The first-order chi connectivity index (χ1) is 14.0. The van der Waals surface area contributed by atoms with Crippen molar-refractivity contribution in [1.82, 2.24) is 14.8 Å². The molecule has 0 saturated heterocycles. The standard InChI is InChI=1S/C22H23ClN4O2/c1-14(2)21(28)26-18(15-8-10-16(23)11-9-15)12-19(27-22(26)24-13-25-27)17-6-4-5-7-20(17)29-3/h4-11,13-14,18-19H,12H2,1-3H3/t18-,19+/m0/s1. The monoisotopic (exact) mass is 410 g/mol. The Morgan fingerprint density at radius 1 is 1.14 bits per heavy atom. The molecule has 2 atom stereocenters. The molecule has 2 heterocycles. The lowest BCUT2D eigenvalue weighted by Gasteiger charge is -2.40. The number of ether oxygens (including phenoxy) is 1. The molecule has 0 unspecified atom stereocenters. The quantitative estimate of drug-likeness (QED) is 0.627. The number of methoxy groups -OCH3 is 1. The molecule has 0 spiro atoms. The van der Waals surface area contributed by atoms with Crippen LogP contribution in [0.25, 0.3) is 0 Å². The number of benzene rings is 2. The Hall–Kier alpha value is -2.86. The second-order valence-corrected chi connectivity index (χ2v) is 7.86. The maximum absolute atomic E-state index is 13.2. The second-order valence-electron chi connectivity index (χ2n) is 7.43. The number of carbonyl (C=O) groups is 1. The van der Waals surface area contributed by atoms with E-state index in [0.29, 0.717) is 17.4 Å². The highest BCUT2D eigenvalue weighted by Crippen LogP contribution is 2.44. The van der Waals surface area contributed by atoms with Crippen molar-refractivity contribution < 1.29 is 9.53 Å². The van der Waals surface area contributed by atoms with Crippen LogP contribution in [0.1, 0.15) is 43.5 Å². The number of fused-ring (bicyclic) bond motifs is 1. The fourth-order valence-electron chi connectivity index (χ4n) is 3.89. The van der Waals surface area contributed by atoms with Gasteiger partial charge in [-0.2, -0.15) is 10.1 Å². The van der Waals surface area contributed by atoms with Gasteiger partial charge in [0, 0.05) is 16.5 Å². The smallest absolute Gasteiger partial charge is 0.232 e. The van der Waals surface area contributed by atoms with Crippen LogP contribution in [0.2, 0.25) is 5.02 Å². The van der Waals surface area contributed by atoms with Crippen molar-refractivity contribution in [3.63, 3.8) is 0 Å². The van der Waals surface area contributed by atoms with Gasteiger partial charge < -0.3 is 4.74 Å². The van der Waals surface area contributed by atoms with Crippen molar-refractivity contribution in [3.05, 3.63) is 71.0 Å². The van der Waals surface area contributed by atoms with Crippen LogP contribution >= 0.6 is 11.6 Å². The van der Waals surface area contributed by atoms with Crippen molar-refractivity contribution in [1.29, 1.82) is 0 Å². The molecule has 0 aliphatic carbocycles. The SMILES string of the molecule is COc1ccccc1[C@H]1C[C@@H](c2ccc(Cl)cc2)N(C(=O)C(C)C)c2ncnn21. The molecule has 0 fully saturated rings. The average Bonchev–Trinajstić information content (AvgIpc) is 3.22. The van der Waals surface area contributed by atoms with Gasteiger partial charge in [0.05, 0.1) is 19.2 Å². The van der Waals surface area contributed by atoms with Gasteiger partial charge in [0.15, 0.2) is 0 Å². The highest BCUT2D eigenvalue weighted by Gasteiger charge is 2.40. The van der Waals surface area contributed by atoms with Gasteiger partial charge in [0.25, 0.3) is 0 Å². The van der Waals surface area contributed by atoms with E-state index in [-0.39, 0.29) is 23.9 Å². The summed E-state index contributed by atoms with van der Waals surface area (Å²) in [5.74, 6) is 1.18. The summed E-state index contributed by atoms with van der Waals surface area (Å²) >= 11 is 6.10. The fourth-order valence-corrected chi connectivity index (χ4v) is 4.02. The summed E-state index contributed by atoms with van der Waals surface area (Å²) < 4.78 is 7.42. The minimum Gasteiger partial charge on any atom is -0.496 e. The van der Waals surface area contributed by atoms with E-state index in [0.717, 1.165) is 16.9 Å². The van der Waals surface area contributed by atoms with E-state index < -0.39 is 0 Å². The number of amides is 1. The molecule has 6 nitrogen and oxygen atoms in total. The van der Waals surface area contributed by atoms with E-state index in [1.54, 1.807) is 12.0 Å². The summed E-state index contributed by atoms with van der Waals surface area (Å²) in [6.07, 6.45) is 2.15. The molecule has 0 N–H and O–H groups in total. The predicted molar refractivity (Wildman–Crippen MR) is 112 cm³/mol. The largest absolute Gasteiger partial charge is 0.496 e. The average molecular weight is 411 g/mol. The van der Waals surface area contributed by atoms with Crippen LogP contribution in [0.5, 0.6) is 5.75 Å². The second kappa shape index (κ2) is 7.87. The molecule has 1 aromatic heterocycles. The van der Waals surface area contributed by atoms with E-state index in [9.17, 15) is 4.79 Å². The van der Waals surface area contributed by atoms with Crippen LogP contribution in [0, 0.1) is 5.92 Å². The Labute approximate surface area is 175 Å². The molecule has 1 aliphatic heterocycles. The number of rotatable bonds is 4. The van der Waals surface area contributed by atoms with Crippen molar-refractivity contribution in [3.8, 4) is 5.75 Å². The highest BCUT2D eigenvalue weighted by atomic mass is 35.5. The van der Waals surface area contributed by atoms with Crippen LogP contribution in [0.3, 0.4) is 0 Å². The summed E-state index contributed by atoms with van der Waals surface area (Å²) in [5, 5.41) is 5.12. The normalized spacial score (nSPS) is 18.6. The molecule has 3 aromatic rings. The topological polar surface area (TPSA) is 60.2 Å². The van der Waals surface area contributed by atoms with Gasteiger partial charge in [0.1, 0.15) is 12.1 Å². The first-order valence-electron chi connectivity index (χ1n) is 9.62. The van der Waals surface area contributed by atoms with Crippen molar-refractivity contribution in [2.75, 3.05) is 12.0 Å². The minimum absolute atomic E-state index is 0.0117. The zero-order chi connectivity index (χ0) is 20.5. The summed E-state index contributed by atoms with van der Waals surface area (Å²) in [7, 11) is 1.66. The number of halogens is 1. The lowest BCUT2D eigenvalue weighted by atomic mass is 9.91. The third-order valence-corrected chi connectivity index (χ3v) is 5.56. The predicted octanol–water partition coefficient (Wildman–Crippen LogP) is 4.66. The maximum atomic E-state index is 13.2. The van der Waals surface area contributed by atoms with Gasteiger partial charge in [-0.15, -0.1) is 0 Å². The summed E-state index contributed by atoms with van der Waals surface area (Å²) in [6, 6.07) is 15.3. The van der Waals surface area contributed by atoms with E-state index >= 15 is 0 Å². The molecule has 4 rings (SSSR count). The van der Waals surface area contributed by atoms with Gasteiger partial charge in [-0.25, -0.2) is 4.68 Å². The molecule has 0 bridgehead atoms. The van der Waals surface area contributed by atoms with Gasteiger partial charge >= 0.3 is 0 Å². The van der Waals surface area contributed by atoms with E-state index in [4.69, 9.17) is 16.3 Å². The molecule has 7 heteroatoms. The van der Waals surface area contributed by atoms with Crippen LogP contribution in [-0.4, -0.2) is 27.8 Å². The van der Waals surface area contributed by atoms with Crippen LogP contribution in [0.15, 0.2) is 54.9 Å². The summed E-state index contributed by atoms with van der Waals surface area (Å²) in [4.78, 5) is 19.4. The van der Waals surface area contributed by atoms with Gasteiger partial charge in [-0.1, -0.05) is 55.8 Å². The number of aromatic nitrogens is 3. The van der Waals surface area contributed by atoms with Crippen LogP contribution in [-0.2, 0) is 4.79 Å². The molecular formula is C22H23ClN4O2. The Bertz CT molecular complexity index is 1020. The third kappa shape index (κ3) is 3.49. The molecule has 1 amide bonds. The number of hydrogen-bond donors (Lipinski definition) is 0. The number of nitrogens with zero attached hydrogens (tertiary/aromatic N) is 4. The zero-order valence-electron chi connectivity index (χ0n) is 16.6. The Kier molecular flexibility index (Phi) is 5.28. The Balaban J connectivity index is 1.87. The van der Waals surface area contributed by atoms with E-state index in [1.165, 1.54) is 6.33 Å². The molecule has 2 aromatic carbocycles. The minimum atomic E-state index is -0.186. The third-order valence-electron chi connectivity index (χ3n) is 5.31. The highest BCUT2D eigenvalue weighted by molar-refractivity contribution is 6.30. The molecule has 29 heavy (non-hydrogen) atoms. The van der Waals surface area contributed by atoms with Crippen LogP contribution < -0.4 is 9.64 Å². The van der Waals surface area contributed by atoms with E-state index in [1.807, 2.05) is 67.1 Å². The number of anilines is 1. The number of carbonyl (C=O) groups excluding carboxylic acids is 1. The van der Waals surface area contributed by atoms with Gasteiger partial charge in [-0.3, -0.25) is 9.69 Å². The van der Waals surface area contributed by atoms with Gasteiger partial charge in [0.2, 0.25) is 11.9 Å². The summed E-state index contributed by atoms with van der Waals surface area (Å²) in [6.45, 7) is 3.79. The molecular weight excluding hydrogens is 388 g/mol. The number of hydrogen-bond acceptors (Lipinski definition) is 4. The molecule has 150 valence electrons. The first-order valence-corrected chi connectivity index (χ1v) is 10.00. The Morgan fingerprint density at radius 3 is 2.55 bits per heavy atom. The first kappa shape index (κ1) is 19.5. The maximum Gasteiger partial charge on any atom is 0.232 e. The van der Waals surface area contributed by atoms with Gasteiger partial charge in [-0.05, 0) is 30.2 Å². The lowest BCUT2D eigenvalue weighted by Crippen LogP contribution is -2.44. The summed E-state index contributed by atoms with van der Waals surface area (Å²) in [5.41, 5.74) is 2.02. The number of para-hydroxylation sites is 1. The molecule has 0 saturated carbocycles. The van der Waals surface area contributed by atoms with Crippen molar-refractivity contribution >= 4 is 23.5 Å². The molecule has 0 radical (unpaired) electrons. The lowest BCUT2D eigenvalue weighted by molar-refractivity contribution is -0.122. The fraction of sp³-hybridized carbons (Fsp3) is 0.318. The van der Waals surface area contributed by atoms with Crippen LogP contribution in [0.4, 0.5) is 5.95 Å². The molecule has 1 aliphatic rings. The Morgan fingerprint density at radius 2 is 1.86 bits per heavy atom. The van der Waals surface area contributed by atoms with Crippen molar-refractivity contribution in [2.24, 2.45) is 5.92 Å². The van der Waals surface area contributed by atoms with Crippen molar-refractivity contribution in [2.45, 2.75) is 32.4 Å². The zero-order valence-corrected chi connectivity index (χ0v) is 17.4.